The molecule has 8 nitrogen and oxygen atoms in total. The first kappa shape index (κ1) is 32.1. The van der Waals surface area contributed by atoms with E-state index >= 15 is 0 Å². The lowest BCUT2D eigenvalue weighted by atomic mass is 9.99. The van der Waals surface area contributed by atoms with Gasteiger partial charge in [-0.1, -0.05) is 60.7 Å². The molecule has 0 heterocycles. The second-order valence-corrected chi connectivity index (χ2v) is 14.4. The molecule has 0 aliphatic heterocycles. The van der Waals surface area contributed by atoms with Crippen LogP contribution >= 0.6 is 0 Å². The van der Waals surface area contributed by atoms with Crippen LogP contribution in [0.2, 0.25) is 0 Å². The third-order valence-electron chi connectivity index (χ3n) is 7.31. The Morgan fingerprint density at radius 1 is 0.396 bits per heavy atom. The minimum absolute atomic E-state index is 0.0313. The maximum absolute atomic E-state index is 13.2. The number of benzene rings is 6. The molecule has 0 saturated heterocycles. The monoisotopic (exact) mass is 676 g/mol. The minimum Gasteiger partial charge on any atom is -0.508 e. The fraction of sp³-hybridized carbons (Fsp3) is 0. The predicted octanol–water partition coefficient (Wildman–Crippen LogP) is 7.64. The Labute approximate surface area is 278 Å². The maximum atomic E-state index is 13.2. The molecule has 0 fully saturated rings. The Kier molecular flexibility index (Phi) is 9.02. The summed E-state index contributed by atoms with van der Waals surface area (Å²) in [5.41, 5.74) is 2.14. The van der Waals surface area contributed by atoms with Crippen molar-refractivity contribution in [2.24, 2.45) is 0 Å². The van der Waals surface area contributed by atoms with Crippen LogP contribution in [-0.4, -0.2) is 27.0 Å². The highest BCUT2D eigenvalue weighted by Crippen LogP contribution is 2.33. The lowest BCUT2D eigenvalue weighted by molar-refractivity contribution is 0.229. The highest BCUT2D eigenvalue weighted by molar-refractivity contribution is 7.91. The van der Waals surface area contributed by atoms with E-state index in [0.29, 0.717) is 5.57 Å². The van der Waals surface area contributed by atoms with Gasteiger partial charge < -0.3 is 19.7 Å². The van der Waals surface area contributed by atoms with Crippen molar-refractivity contribution in [3.63, 3.8) is 0 Å². The van der Waals surface area contributed by atoms with Gasteiger partial charge in [0, 0.05) is 0 Å². The van der Waals surface area contributed by atoms with E-state index in [1.807, 2.05) is 60.7 Å². The molecule has 240 valence electrons. The summed E-state index contributed by atoms with van der Waals surface area (Å²) >= 11 is 0. The zero-order valence-electron chi connectivity index (χ0n) is 25.2. The molecule has 2 N–H and O–H groups in total. The molecule has 0 aliphatic rings. The number of phenols is 2. The molecule has 6 aromatic carbocycles. The van der Waals surface area contributed by atoms with E-state index in [2.05, 4.69) is 0 Å². The van der Waals surface area contributed by atoms with Crippen molar-refractivity contribution in [2.75, 3.05) is 0 Å². The Morgan fingerprint density at radius 3 is 1.00 bits per heavy atom. The molecule has 0 atom stereocenters. The van der Waals surface area contributed by atoms with Crippen molar-refractivity contribution in [3.8, 4) is 23.0 Å². The number of rotatable bonds is 10. The van der Waals surface area contributed by atoms with Gasteiger partial charge in [0.1, 0.15) is 23.0 Å². The molecule has 0 aromatic heterocycles. The summed E-state index contributed by atoms with van der Waals surface area (Å²) in [7, 11) is -7.72. The van der Waals surface area contributed by atoms with Crippen LogP contribution in [0.5, 0.6) is 23.0 Å². The maximum Gasteiger partial charge on any atom is 0.299 e. The molecule has 0 amide bonds. The summed E-state index contributed by atoms with van der Waals surface area (Å²) in [6, 6.07) is 41.1. The van der Waals surface area contributed by atoms with E-state index in [0.717, 1.165) is 11.1 Å². The van der Waals surface area contributed by atoms with E-state index in [9.17, 15) is 27.0 Å². The van der Waals surface area contributed by atoms with Gasteiger partial charge in [-0.15, -0.1) is 0 Å². The lowest BCUT2D eigenvalue weighted by Crippen LogP contribution is -2.09. The van der Waals surface area contributed by atoms with E-state index < -0.39 is 19.7 Å². The molecule has 6 aromatic rings. The van der Waals surface area contributed by atoms with Crippen molar-refractivity contribution >= 4 is 25.2 Å². The highest BCUT2D eigenvalue weighted by atomic mass is 32.2. The number of ether oxygens (including phenoxy) is 2. The third kappa shape index (κ3) is 6.95. The second kappa shape index (κ2) is 13.5. The van der Waals surface area contributed by atoms with Crippen molar-refractivity contribution in [1.29, 1.82) is 0 Å². The standard InChI is InChI=1S/C38H28O8S2/c39-29-11-19-33(20-12-29)47(41,42)35-23-15-31(16-24-35)45-38(37(27-7-3-1-4-8-27)28-9-5-2-6-10-28)46-32-17-25-36(26-18-32)48(43,44)34-21-13-30(40)14-22-34/h1-26,39-40H. The average molecular weight is 677 g/mol. The van der Waals surface area contributed by atoms with Gasteiger partial charge in [0.2, 0.25) is 19.7 Å². The Balaban J connectivity index is 1.38. The number of hydrogen-bond donors (Lipinski definition) is 2. The Morgan fingerprint density at radius 2 is 0.688 bits per heavy atom. The highest BCUT2D eigenvalue weighted by Gasteiger charge is 2.22. The van der Waals surface area contributed by atoms with Crippen LogP contribution in [0.3, 0.4) is 0 Å². The summed E-state index contributed by atoms with van der Waals surface area (Å²) in [4.78, 5) is 0.126. The number of aromatic hydroxyl groups is 2. The zero-order valence-corrected chi connectivity index (χ0v) is 26.8. The van der Waals surface area contributed by atoms with Crippen LogP contribution < -0.4 is 9.47 Å². The zero-order chi connectivity index (χ0) is 33.7. The summed E-state index contributed by atoms with van der Waals surface area (Å²) in [5.74, 6) is 0.545. The molecule has 0 bridgehead atoms. The van der Waals surface area contributed by atoms with Crippen LogP contribution in [0.4, 0.5) is 0 Å². The predicted molar refractivity (Wildman–Crippen MR) is 180 cm³/mol. The molecule has 0 spiro atoms. The molecular weight excluding hydrogens is 649 g/mol. The number of sulfone groups is 2. The molecule has 6 rings (SSSR count). The van der Waals surface area contributed by atoms with Crippen LogP contribution in [0.25, 0.3) is 5.57 Å². The average Bonchev–Trinajstić information content (AvgIpc) is 3.10. The van der Waals surface area contributed by atoms with Gasteiger partial charge in [0.15, 0.2) is 0 Å². The molecule has 0 radical (unpaired) electrons. The van der Waals surface area contributed by atoms with Crippen LogP contribution in [0, 0.1) is 0 Å². The SMILES string of the molecule is O=S(=O)(c1ccc(O)cc1)c1ccc(OC(Oc2ccc(S(=O)(=O)c3ccc(O)cc3)cc2)=C(c2ccccc2)c2ccccc2)cc1. The van der Waals surface area contributed by atoms with Crippen LogP contribution in [0.15, 0.2) is 183 Å². The molecule has 0 aliphatic carbocycles. The second-order valence-electron chi connectivity index (χ2n) is 10.5. The van der Waals surface area contributed by atoms with Crippen molar-refractivity contribution in [3.05, 3.63) is 175 Å². The lowest BCUT2D eigenvalue weighted by Gasteiger charge is -2.18. The van der Waals surface area contributed by atoms with Crippen LogP contribution in [0.1, 0.15) is 11.1 Å². The minimum atomic E-state index is -3.86. The number of phenolic OH excluding ortho intramolecular Hbond substituents is 2. The first-order chi connectivity index (χ1) is 23.1. The summed E-state index contributed by atoms with van der Waals surface area (Å²) in [6.07, 6.45) is 0. The van der Waals surface area contributed by atoms with Crippen molar-refractivity contribution in [1.82, 2.24) is 0 Å². The molecule has 0 unspecified atom stereocenters. The molecule has 0 saturated carbocycles. The quantitative estimate of drug-likeness (QED) is 0.142. The van der Waals surface area contributed by atoms with E-state index in [4.69, 9.17) is 9.47 Å². The topological polar surface area (TPSA) is 127 Å². The molecular formula is C38H28O8S2. The Bertz CT molecular complexity index is 2100. The van der Waals surface area contributed by atoms with Gasteiger partial charge in [0.25, 0.3) is 5.95 Å². The molecule has 10 heteroatoms. The van der Waals surface area contributed by atoms with Gasteiger partial charge in [-0.25, -0.2) is 16.8 Å². The summed E-state index contributed by atoms with van der Waals surface area (Å²) < 4.78 is 65.5. The summed E-state index contributed by atoms with van der Waals surface area (Å²) in [5, 5.41) is 19.1. The van der Waals surface area contributed by atoms with Gasteiger partial charge in [-0.2, -0.15) is 0 Å². The fourth-order valence-electron chi connectivity index (χ4n) is 4.85. The van der Waals surface area contributed by atoms with Gasteiger partial charge >= 0.3 is 0 Å². The van der Waals surface area contributed by atoms with E-state index in [1.54, 1.807) is 0 Å². The largest absolute Gasteiger partial charge is 0.508 e. The van der Waals surface area contributed by atoms with Crippen LogP contribution in [-0.2, 0) is 19.7 Å². The smallest absolute Gasteiger partial charge is 0.299 e. The number of hydrogen-bond acceptors (Lipinski definition) is 8. The normalized spacial score (nSPS) is 11.4. The summed E-state index contributed by atoms with van der Waals surface area (Å²) in [6.45, 7) is 0. The van der Waals surface area contributed by atoms with Crippen molar-refractivity contribution in [2.45, 2.75) is 19.6 Å². The van der Waals surface area contributed by atoms with E-state index in [1.165, 1.54) is 97.1 Å². The fourth-order valence-corrected chi connectivity index (χ4v) is 7.37. The van der Waals surface area contributed by atoms with Gasteiger partial charge in [-0.3, -0.25) is 0 Å². The van der Waals surface area contributed by atoms with Crippen molar-refractivity contribution < 1.29 is 36.5 Å². The Hall–Kier alpha value is -5.84. The first-order valence-corrected chi connectivity index (χ1v) is 17.6. The van der Waals surface area contributed by atoms with E-state index in [-0.39, 0.29) is 48.5 Å². The van der Waals surface area contributed by atoms with Gasteiger partial charge in [-0.05, 0) is 108 Å². The third-order valence-corrected chi connectivity index (χ3v) is 10.9. The first-order valence-electron chi connectivity index (χ1n) is 14.6. The van der Waals surface area contributed by atoms with Gasteiger partial charge in [0.05, 0.1) is 25.2 Å². The molecule has 48 heavy (non-hydrogen) atoms.